The Balaban J connectivity index is 2.80. The van der Waals surface area contributed by atoms with E-state index in [1.54, 1.807) is 51.1 Å². The van der Waals surface area contributed by atoms with Crippen LogP contribution in [-0.4, -0.2) is 58.3 Å². The zero-order valence-electron chi connectivity index (χ0n) is 18.7. The Morgan fingerprint density at radius 1 is 1.18 bits per heavy atom. The molecule has 0 aromatic heterocycles. The summed E-state index contributed by atoms with van der Waals surface area (Å²) in [6, 6.07) is 6.56. The Morgan fingerprint density at radius 3 is 2.36 bits per heavy atom. The molecule has 2 unspecified atom stereocenters. The second-order valence-corrected chi connectivity index (χ2v) is 8.08. The molecule has 2 atom stereocenters. The quantitative estimate of drug-likeness (QED) is 0.102. The Morgan fingerprint density at radius 2 is 1.82 bits per heavy atom. The number of aliphatic carboxylic acids is 1. The summed E-state index contributed by atoms with van der Waals surface area (Å²) in [5.74, 6) is -2.38. The van der Waals surface area contributed by atoms with Crippen molar-refractivity contribution in [3.8, 4) is 0 Å². The van der Waals surface area contributed by atoms with Gasteiger partial charge in [0.2, 0.25) is 5.91 Å². The van der Waals surface area contributed by atoms with Crippen molar-refractivity contribution in [3.63, 3.8) is 0 Å². The van der Waals surface area contributed by atoms with E-state index in [1.807, 2.05) is 0 Å². The van der Waals surface area contributed by atoms with Crippen molar-refractivity contribution < 1.29 is 29.3 Å². The number of ether oxygens (including phenoxy) is 1. The lowest BCUT2D eigenvalue weighted by Gasteiger charge is -2.24. The van der Waals surface area contributed by atoms with Crippen molar-refractivity contribution in [2.24, 2.45) is 10.8 Å². The molecule has 13 nitrogen and oxygen atoms in total. The van der Waals surface area contributed by atoms with E-state index in [9.17, 15) is 29.6 Å². The SMILES string of the molecule is CC(C)(C)OC(=O)NC(Cc1ccccc1)C(=O)NC(CCCN/C(N)=N/[N+](=O)[O-])C(=O)O. The Kier molecular flexibility index (Phi) is 10.6. The fourth-order valence-electron chi connectivity index (χ4n) is 2.68. The van der Waals surface area contributed by atoms with E-state index in [-0.39, 0.29) is 25.8 Å². The van der Waals surface area contributed by atoms with Gasteiger partial charge in [0, 0.05) is 13.0 Å². The van der Waals surface area contributed by atoms with Gasteiger partial charge in [0.05, 0.1) is 0 Å². The highest BCUT2D eigenvalue weighted by molar-refractivity contribution is 5.89. The summed E-state index contributed by atoms with van der Waals surface area (Å²) in [5, 5.41) is 29.0. The van der Waals surface area contributed by atoms with Gasteiger partial charge in [-0.2, -0.15) is 0 Å². The Bertz CT molecular complexity index is 854. The van der Waals surface area contributed by atoms with Crippen molar-refractivity contribution >= 4 is 23.9 Å². The van der Waals surface area contributed by atoms with Crippen LogP contribution in [-0.2, 0) is 20.7 Å². The maximum atomic E-state index is 12.9. The smallest absolute Gasteiger partial charge is 0.408 e. The maximum absolute atomic E-state index is 12.9. The van der Waals surface area contributed by atoms with Gasteiger partial charge in [-0.05, 0) is 39.2 Å². The number of carbonyl (C=O) groups excluding carboxylic acids is 2. The van der Waals surface area contributed by atoms with Crippen LogP contribution in [0.4, 0.5) is 4.79 Å². The van der Waals surface area contributed by atoms with E-state index >= 15 is 0 Å². The Labute approximate surface area is 190 Å². The average molecular weight is 466 g/mol. The van der Waals surface area contributed by atoms with Gasteiger partial charge in [-0.15, -0.1) is 0 Å². The average Bonchev–Trinajstić information content (AvgIpc) is 2.68. The van der Waals surface area contributed by atoms with Crippen molar-refractivity contribution in [2.45, 2.75) is 57.7 Å². The minimum Gasteiger partial charge on any atom is -0.480 e. The predicted octanol–water partition coefficient (Wildman–Crippen LogP) is 0.568. The van der Waals surface area contributed by atoms with Crippen LogP contribution in [0.1, 0.15) is 39.2 Å². The number of hydrazone groups is 1. The first-order valence-corrected chi connectivity index (χ1v) is 10.2. The molecule has 13 heteroatoms. The monoisotopic (exact) mass is 466 g/mol. The lowest BCUT2D eigenvalue weighted by Crippen LogP contribution is -2.53. The molecular weight excluding hydrogens is 436 g/mol. The summed E-state index contributed by atoms with van der Waals surface area (Å²) in [7, 11) is 0. The first-order valence-electron chi connectivity index (χ1n) is 10.2. The van der Waals surface area contributed by atoms with Crippen LogP contribution in [0.3, 0.4) is 0 Å². The number of carboxylic acids is 1. The molecule has 33 heavy (non-hydrogen) atoms. The number of carbonyl (C=O) groups is 3. The van der Waals surface area contributed by atoms with Gasteiger partial charge >= 0.3 is 12.1 Å². The molecule has 0 saturated carbocycles. The summed E-state index contributed by atoms with van der Waals surface area (Å²) in [5.41, 5.74) is 5.27. The van der Waals surface area contributed by atoms with E-state index in [1.165, 1.54) is 0 Å². The molecule has 1 aromatic rings. The molecule has 0 aliphatic rings. The van der Waals surface area contributed by atoms with Gasteiger partial charge in [-0.25, -0.2) is 19.7 Å². The number of amides is 2. The van der Waals surface area contributed by atoms with E-state index in [2.05, 4.69) is 21.1 Å². The number of hydrogen-bond donors (Lipinski definition) is 5. The Hall–Kier alpha value is -3.90. The molecule has 6 N–H and O–H groups in total. The van der Waals surface area contributed by atoms with Crippen LogP contribution < -0.4 is 21.7 Å². The van der Waals surface area contributed by atoms with Crippen molar-refractivity contribution in [1.29, 1.82) is 0 Å². The highest BCUT2D eigenvalue weighted by Gasteiger charge is 2.28. The van der Waals surface area contributed by atoms with Gasteiger partial charge in [0.1, 0.15) is 22.8 Å². The third kappa shape index (κ3) is 11.9. The lowest BCUT2D eigenvalue weighted by atomic mass is 10.0. The summed E-state index contributed by atoms with van der Waals surface area (Å²) < 4.78 is 5.21. The van der Waals surface area contributed by atoms with Crippen molar-refractivity contribution in [3.05, 3.63) is 46.0 Å². The summed E-state index contributed by atoms with van der Waals surface area (Å²) in [4.78, 5) is 46.9. The van der Waals surface area contributed by atoms with Crippen molar-refractivity contribution in [1.82, 2.24) is 16.0 Å². The van der Waals surface area contributed by atoms with Crippen molar-refractivity contribution in [2.75, 3.05) is 6.54 Å². The normalized spacial score (nSPS) is 13.4. The minimum absolute atomic E-state index is 0.00428. The third-order valence-corrected chi connectivity index (χ3v) is 4.07. The number of benzene rings is 1. The fraction of sp³-hybridized carbons (Fsp3) is 0.500. The number of nitrogens with two attached hydrogens (primary N) is 1. The largest absolute Gasteiger partial charge is 0.480 e. The first kappa shape index (κ1) is 27.1. The van der Waals surface area contributed by atoms with E-state index in [0.29, 0.717) is 0 Å². The number of nitrogens with one attached hydrogen (secondary N) is 3. The molecule has 0 radical (unpaired) electrons. The van der Waals surface area contributed by atoms with Gasteiger partial charge in [-0.3, -0.25) is 4.79 Å². The van der Waals surface area contributed by atoms with Crippen LogP contribution in [0.5, 0.6) is 0 Å². The molecule has 0 aliphatic carbocycles. The van der Waals surface area contributed by atoms with Crippen LogP contribution in [0.15, 0.2) is 35.4 Å². The lowest BCUT2D eigenvalue weighted by molar-refractivity contribution is -0.485. The van der Waals surface area contributed by atoms with Crippen LogP contribution in [0, 0.1) is 10.1 Å². The molecule has 0 spiro atoms. The summed E-state index contributed by atoms with van der Waals surface area (Å²) in [6.07, 6.45) is -0.471. The molecule has 1 rings (SSSR count). The summed E-state index contributed by atoms with van der Waals surface area (Å²) in [6.45, 7) is 5.13. The fourth-order valence-corrected chi connectivity index (χ4v) is 2.68. The summed E-state index contributed by atoms with van der Waals surface area (Å²) >= 11 is 0. The number of hydrogen-bond acceptors (Lipinski definition) is 6. The molecule has 0 fully saturated rings. The van der Waals surface area contributed by atoms with Crippen LogP contribution >= 0.6 is 0 Å². The number of guanidine groups is 1. The van der Waals surface area contributed by atoms with Gasteiger partial charge in [0.25, 0.3) is 5.96 Å². The standard InChI is InChI=1S/C20H30N6O7/c1-20(2,3)33-19(30)24-15(12-13-8-5-4-6-9-13)16(27)23-14(17(28)29)10-7-11-22-18(21)25-26(31)32/h4-6,8-9,14-15H,7,10-12H2,1-3H3,(H,23,27)(H,24,30)(H,28,29)(H3,21,22,25). The number of nitro groups is 1. The van der Waals surface area contributed by atoms with E-state index in [0.717, 1.165) is 5.56 Å². The number of carboxylic acid groups (broad SMARTS) is 1. The first-order chi connectivity index (χ1) is 15.4. The van der Waals surface area contributed by atoms with E-state index < -0.39 is 46.6 Å². The highest BCUT2D eigenvalue weighted by atomic mass is 16.7. The van der Waals surface area contributed by atoms with Gasteiger partial charge < -0.3 is 31.5 Å². The maximum Gasteiger partial charge on any atom is 0.408 e. The zero-order chi connectivity index (χ0) is 25.0. The molecule has 0 heterocycles. The second-order valence-electron chi connectivity index (χ2n) is 8.08. The number of rotatable bonds is 11. The zero-order valence-corrected chi connectivity index (χ0v) is 18.7. The molecule has 182 valence electrons. The van der Waals surface area contributed by atoms with Crippen LogP contribution in [0.25, 0.3) is 0 Å². The highest BCUT2D eigenvalue weighted by Crippen LogP contribution is 2.09. The number of nitrogens with zero attached hydrogens (tertiary/aromatic N) is 2. The molecule has 2 amide bonds. The second kappa shape index (κ2) is 12.8. The topological polar surface area (TPSA) is 198 Å². The van der Waals surface area contributed by atoms with Crippen LogP contribution in [0.2, 0.25) is 0 Å². The molecule has 1 aromatic carbocycles. The van der Waals surface area contributed by atoms with Gasteiger partial charge in [-0.1, -0.05) is 30.3 Å². The van der Waals surface area contributed by atoms with E-state index in [4.69, 9.17) is 10.5 Å². The third-order valence-electron chi connectivity index (χ3n) is 4.07. The molecule has 0 bridgehead atoms. The number of alkyl carbamates (subject to hydrolysis) is 1. The minimum atomic E-state index is -1.27. The van der Waals surface area contributed by atoms with Gasteiger partial charge in [0.15, 0.2) is 5.03 Å². The molecular formula is C20H30N6O7. The molecule has 0 saturated heterocycles. The predicted molar refractivity (Wildman–Crippen MR) is 119 cm³/mol. The molecule has 0 aliphatic heterocycles.